The SMILES string of the molecule is CC(C)c1nnsc1-c1nnc(CCCN)o1. The molecule has 0 aliphatic heterocycles. The Labute approximate surface area is 103 Å². The Kier molecular flexibility index (Phi) is 3.80. The van der Waals surface area contributed by atoms with Crippen LogP contribution in [0.5, 0.6) is 0 Å². The van der Waals surface area contributed by atoms with Crippen molar-refractivity contribution in [3.05, 3.63) is 11.6 Å². The molecule has 2 aromatic heterocycles. The molecule has 0 radical (unpaired) electrons. The third-order valence-corrected chi connectivity index (χ3v) is 3.05. The number of hydrogen-bond donors (Lipinski definition) is 1. The van der Waals surface area contributed by atoms with Crippen molar-refractivity contribution in [3.63, 3.8) is 0 Å². The van der Waals surface area contributed by atoms with E-state index in [0.29, 0.717) is 30.7 Å². The van der Waals surface area contributed by atoms with Crippen molar-refractivity contribution >= 4 is 11.5 Å². The van der Waals surface area contributed by atoms with Crippen LogP contribution in [0.25, 0.3) is 10.8 Å². The third kappa shape index (κ3) is 2.67. The molecule has 6 nitrogen and oxygen atoms in total. The first-order valence-corrected chi connectivity index (χ1v) is 6.34. The molecular formula is C10H15N5OS. The van der Waals surface area contributed by atoms with Gasteiger partial charge in [0.15, 0.2) is 0 Å². The minimum Gasteiger partial charge on any atom is -0.420 e. The molecule has 7 heteroatoms. The molecule has 0 saturated heterocycles. The van der Waals surface area contributed by atoms with Gasteiger partial charge in [0.2, 0.25) is 5.89 Å². The van der Waals surface area contributed by atoms with Gasteiger partial charge in [-0.25, -0.2) is 0 Å². The molecule has 0 spiro atoms. The molecule has 2 aromatic rings. The highest BCUT2D eigenvalue weighted by Gasteiger charge is 2.18. The number of nitrogens with zero attached hydrogens (tertiary/aromatic N) is 4. The molecule has 0 atom stereocenters. The van der Waals surface area contributed by atoms with Crippen LogP contribution < -0.4 is 5.73 Å². The van der Waals surface area contributed by atoms with E-state index in [2.05, 4.69) is 33.6 Å². The van der Waals surface area contributed by atoms with Gasteiger partial charge in [0.1, 0.15) is 4.88 Å². The molecule has 92 valence electrons. The Bertz CT molecular complexity index is 479. The van der Waals surface area contributed by atoms with Gasteiger partial charge in [0, 0.05) is 6.42 Å². The van der Waals surface area contributed by atoms with E-state index in [9.17, 15) is 0 Å². The van der Waals surface area contributed by atoms with Crippen LogP contribution in [-0.2, 0) is 6.42 Å². The Balaban J connectivity index is 2.21. The molecule has 0 unspecified atom stereocenters. The van der Waals surface area contributed by atoms with Gasteiger partial charge >= 0.3 is 0 Å². The zero-order valence-corrected chi connectivity index (χ0v) is 10.7. The second-order valence-electron chi connectivity index (χ2n) is 4.04. The van der Waals surface area contributed by atoms with Crippen molar-refractivity contribution in [2.45, 2.75) is 32.6 Å². The van der Waals surface area contributed by atoms with E-state index < -0.39 is 0 Å². The quantitative estimate of drug-likeness (QED) is 0.870. The maximum absolute atomic E-state index is 5.57. The predicted molar refractivity (Wildman–Crippen MR) is 64.7 cm³/mol. The lowest BCUT2D eigenvalue weighted by molar-refractivity contribution is 0.499. The second kappa shape index (κ2) is 5.33. The topological polar surface area (TPSA) is 90.7 Å². The molecule has 0 aromatic carbocycles. The van der Waals surface area contributed by atoms with E-state index in [1.54, 1.807) is 0 Å². The molecule has 0 saturated carbocycles. The van der Waals surface area contributed by atoms with Gasteiger partial charge in [-0.05, 0) is 30.4 Å². The Morgan fingerprint density at radius 1 is 1.29 bits per heavy atom. The largest absolute Gasteiger partial charge is 0.420 e. The minimum atomic E-state index is 0.295. The maximum Gasteiger partial charge on any atom is 0.261 e. The van der Waals surface area contributed by atoms with Crippen LogP contribution >= 0.6 is 11.5 Å². The fourth-order valence-corrected chi connectivity index (χ4v) is 2.16. The number of aromatic nitrogens is 4. The van der Waals surface area contributed by atoms with Gasteiger partial charge in [-0.15, -0.1) is 15.3 Å². The lowest BCUT2D eigenvalue weighted by Gasteiger charge is -1.99. The van der Waals surface area contributed by atoms with Crippen molar-refractivity contribution in [2.75, 3.05) is 6.54 Å². The Morgan fingerprint density at radius 3 is 2.82 bits per heavy atom. The van der Waals surface area contributed by atoms with Crippen molar-refractivity contribution < 1.29 is 4.42 Å². The normalized spacial score (nSPS) is 11.3. The summed E-state index contributed by atoms with van der Waals surface area (Å²) in [6.45, 7) is 4.74. The van der Waals surface area contributed by atoms with Gasteiger partial charge in [-0.3, -0.25) is 0 Å². The van der Waals surface area contributed by atoms with E-state index in [1.165, 1.54) is 11.5 Å². The van der Waals surface area contributed by atoms with Crippen molar-refractivity contribution in [3.8, 4) is 10.8 Å². The molecule has 2 heterocycles. The average Bonchev–Trinajstić information content (AvgIpc) is 2.94. The highest BCUT2D eigenvalue weighted by molar-refractivity contribution is 7.09. The van der Waals surface area contributed by atoms with Crippen LogP contribution in [0.3, 0.4) is 0 Å². The molecule has 0 aliphatic carbocycles. The molecule has 0 aliphatic rings. The lowest BCUT2D eigenvalue weighted by atomic mass is 10.1. The first-order valence-electron chi connectivity index (χ1n) is 5.57. The summed E-state index contributed by atoms with van der Waals surface area (Å²) >= 11 is 1.29. The van der Waals surface area contributed by atoms with E-state index in [0.717, 1.165) is 17.0 Å². The molecule has 2 rings (SSSR count). The fourth-order valence-electron chi connectivity index (χ4n) is 1.42. The minimum absolute atomic E-state index is 0.295. The Hall–Kier alpha value is -1.34. The number of aryl methyl sites for hydroxylation is 1. The zero-order chi connectivity index (χ0) is 12.3. The van der Waals surface area contributed by atoms with E-state index in [-0.39, 0.29) is 0 Å². The van der Waals surface area contributed by atoms with Gasteiger partial charge < -0.3 is 10.2 Å². The van der Waals surface area contributed by atoms with E-state index in [4.69, 9.17) is 10.2 Å². The molecule has 0 amide bonds. The Morgan fingerprint density at radius 2 is 2.12 bits per heavy atom. The summed E-state index contributed by atoms with van der Waals surface area (Å²) in [5.74, 6) is 1.42. The summed E-state index contributed by atoms with van der Waals surface area (Å²) in [6, 6.07) is 0. The van der Waals surface area contributed by atoms with Crippen LogP contribution in [0.15, 0.2) is 4.42 Å². The zero-order valence-electron chi connectivity index (χ0n) is 9.88. The summed E-state index contributed by atoms with van der Waals surface area (Å²) < 4.78 is 9.51. The third-order valence-electron chi connectivity index (χ3n) is 2.32. The number of rotatable bonds is 5. The molecule has 0 fully saturated rings. The van der Waals surface area contributed by atoms with E-state index in [1.807, 2.05) is 0 Å². The summed E-state index contributed by atoms with van der Waals surface area (Å²) in [6.07, 6.45) is 1.56. The van der Waals surface area contributed by atoms with Crippen LogP contribution in [-0.4, -0.2) is 26.3 Å². The summed E-state index contributed by atoms with van der Waals surface area (Å²) in [7, 11) is 0. The molecule has 17 heavy (non-hydrogen) atoms. The number of hydrogen-bond acceptors (Lipinski definition) is 7. The fraction of sp³-hybridized carbons (Fsp3) is 0.600. The van der Waals surface area contributed by atoms with Crippen molar-refractivity contribution in [2.24, 2.45) is 5.73 Å². The summed E-state index contributed by atoms with van der Waals surface area (Å²) in [5, 5.41) is 12.1. The van der Waals surface area contributed by atoms with Gasteiger partial charge in [0.25, 0.3) is 5.89 Å². The van der Waals surface area contributed by atoms with Gasteiger partial charge in [-0.2, -0.15) is 0 Å². The van der Waals surface area contributed by atoms with Crippen LogP contribution in [0.4, 0.5) is 0 Å². The first-order chi connectivity index (χ1) is 8.22. The molecule has 2 N–H and O–H groups in total. The van der Waals surface area contributed by atoms with Crippen molar-refractivity contribution in [1.29, 1.82) is 0 Å². The van der Waals surface area contributed by atoms with Crippen LogP contribution in [0, 0.1) is 0 Å². The first kappa shape index (κ1) is 12.1. The molecule has 0 bridgehead atoms. The monoisotopic (exact) mass is 253 g/mol. The maximum atomic E-state index is 5.57. The van der Waals surface area contributed by atoms with E-state index >= 15 is 0 Å². The van der Waals surface area contributed by atoms with Crippen LogP contribution in [0.1, 0.15) is 37.8 Å². The standard InChI is InChI=1S/C10H15N5OS/c1-6(2)8-9(17-15-13-8)10-14-12-7(16-10)4-3-5-11/h6H,3-5,11H2,1-2H3. The lowest BCUT2D eigenvalue weighted by Crippen LogP contribution is -2.00. The summed E-state index contributed by atoms with van der Waals surface area (Å²) in [5.41, 5.74) is 6.34. The highest BCUT2D eigenvalue weighted by Crippen LogP contribution is 2.29. The van der Waals surface area contributed by atoms with Gasteiger partial charge in [0.05, 0.1) is 5.69 Å². The van der Waals surface area contributed by atoms with Gasteiger partial charge in [-0.1, -0.05) is 18.3 Å². The highest BCUT2D eigenvalue weighted by atomic mass is 32.1. The second-order valence-corrected chi connectivity index (χ2v) is 4.79. The summed E-state index contributed by atoms with van der Waals surface area (Å²) in [4.78, 5) is 0.867. The van der Waals surface area contributed by atoms with Crippen molar-refractivity contribution in [1.82, 2.24) is 19.8 Å². The smallest absolute Gasteiger partial charge is 0.261 e. The predicted octanol–water partition coefficient (Wildman–Crippen LogP) is 1.60. The van der Waals surface area contributed by atoms with Crippen LogP contribution in [0.2, 0.25) is 0 Å². The number of nitrogens with two attached hydrogens (primary N) is 1. The average molecular weight is 253 g/mol. The molecular weight excluding hydrogens is 238 g/mol.